The van der Waals surface area contributed by atoms with Gasteiger partial charge >= 0.3 is 0 Å². The second kappa shape index (κ2) is 7.71. The van der Waals surface area contributed by atoms with E-state index in [1.165, 1.54) is 0 Å². The smallest absolute Gasteiger partial charge is 0.255 e. The first kappa shape index (κ1) is 14.5. The van der Waals surface area contributed by atoms with Crippen molar-refractivity contribution in [3.05, 3.63) is 29.8 Å². The first-order valence-electron chi connectivity index (χ1n) is 6.43. The van der Waals surface area contributed by atoms with Gasteiger partial charge in [0.1, 0.15) is 0 Å². The van der Waals surface area contributed by atoms with Gasteiger partial charge in [0.2, 0.25) is 0 Å². The Balaban J connectivity index is 2.77. The normalized spacial score (nSPS) is 10.2. The van der Waals surface area contributed by atoms with E-state index in [0.717, 1.165) is 30.8 Å². The molecule has 0 atom stereocenters. The highest BCUT2D eigenvalue weighted by Gasteiger charge is 2.14. The Bertz CT molecular complexity index is 379. The Hall–Kier alpha value is -1.55. The molecule has 18 heavy (non-hydrogen) atoms. The molecule has 1 rings (SSSR count). The summed E-state index contributed by atoms with van der Waals surface area (Å²) in [5.41, 5.74) is 1.66. The van der Waals surface area contributed by atoms with Crippen LogP contribution in [0.3, 0.4) is 0 Å². The minimum absolute atomic E-state index is 0.0597. The van der Waals surface area contributed by atoms with Crippen LogP contribution in [-0.2, 0) is 0 Å². The largest absolute Gasteiger partial charge is 0.384 e. The Morgan fingerprint density at radius 2 is 2.00 bits per heavy atom. The molecule has 0 aliphatic rings. The van der Waals surface area contributed by atoms with Gasteiger partial charge in [-0.25, -0.2) is 0 Å². The van der Waals surface area contributed by atoms with Gasteiger partial charge in [0.25, 0.3) is 5.91 Å². The standard InChI is InChI=1S/C14H23N3O/c1-4-9-16-13-8-6-5-7-12(13)14(18)17(3)11-10-15-2/h5-8,15-16H,4,9-11H2,1-3H3. The SMILES string of the molecule is CCCNc1ccccc1C(=O)N(C)CCNC. The predicted molar refractivity (Wildman–Crippen MR) is 76.1 cm³/mol. The number of para-hydroxylation sites is 1. The van der Waals surface area contributed by atoms with Crippen molar-refractivity contribution in [3.63, 3.8) is 0 Å². The van der Waals surface area contributed by atoms with Crippen LogP contribution < -0.4 is 10.6 Å². The van der Waals surface area contributed by atoms with E-state index < -0.39 is 0 Å². The van der Waals surface area contributed by atoms with Crippen LogP contribution in [0, 0.1) is 0 Å². The van der Waals surface area contributed by atoms with E-state index in [1.54, 1.807) is 4.90 Å². The Morgan fingerprint density at radius 3 is 2.67 bits per heavy atom. The minimum Gasteiger partial charge on any atom is -0.384 e. The summed E-state index contributed by atoms with van der Waals surface area (Å²) in [5, 5.41) is 6.34. The molecule has 0 bridgehead atoms. The summed E-state index contributed by atoms with van der Waals surface area (Å²) in [6.07, 6.45) is 1.04. The van der Waals surface area contributed by atoms with E-state index in [0.29, 0.717) is 6.54 Å². The molecule has 1 aromatic carbocycles. The van der Waals surface area contributed by atoms with Gasteiger partial charge in [-0.05, 0) is 25.6 Å². The molecule has 0 saturated carbocycles. The molecule has 1 amide bonds. The molecule has 0 aliphatic carbocycles. The summed E-state index contributed by atoms with van der Waals surface area (Å²) in [4.78, 5) is 14.0. The summed E-state index contributed by atoms with van der Waals surface area (Å²) >= 11 is 0. The fraction of sp³-hybridized carbons (Fsp3) is 0.500. The number of hydrogen-bond acceptors (Lipinski definition) is 3. The van der Waals surface area contributed by atoms with Crippen LogP contribution in [0.15, 0.2) is 24.3 Å². The summed E-state index contributed by atoms with van der Waals surface area (Å²) in [7, 11) is 3.71. The van der Waals surface area contributed by atoms with Crippen molar-refractivity contribution in [1.29, 1.82) is 0 Å². The van der Waals surface area contributed by atoms with Gasteiger partial charge in [0.15, 0.2) is 0 Å². The van der Waals surface area contributed by atoms with E-state index in [1.807, 2.05) is 38.4 Å². The number of anilines is 1. The zero-order chi connectivity index (χ0) is 13.4. The highest BCUT2D eigenvalue weighted by atomic mass is 16.2. The van der Waals surface area contributed by atoms with Crippen molar-refractivity contribution in [3.8, 4) is 0 Å². The summed E-state index contributed by atoms with van der Waals surface area (Å²) in [6, 6.07) is 7.67. The third kappa shape index (κ3) is 4.04. The second-order valence-electron chi connectivity index (χ2n) is 4.30. The minimum atomic E-state index is 0.0597. The predicted octanol–water partition coefficient (Wildman–Crippen LogP) is 1.80. The van der Waals surface area contributed by atoms with Crippen LogP contribution in [0.2, 0.25) is 0 Å². The fourth-order valence-corrected chi connectivity index (χ4v) is 1.67. The zero-order valence-corrected chi connectivity index (χ0v) is 11.5. The zero-order valence-electron chi connectivity index (χ0n) is 11.5. The molecule has 0 aliphatic heterocycles. The number of hydrogen-bond donors (Lipinski definition) is 2. The second-order valence-corrected chi connectivity index (χ2v) is 4.30. The quantitative estimate of drug-likeness (QED) is 0.774. The average Bonchev–Trinajstić information content (AvgIpc) is 2.42. The number of likely N-dealkylation sites (N-methyl/N-ethyl adjacent to an activating group) is 2. The van der Waals surface area contributed by atoms with Gasteiger partial charge in [0, 0.05) is 32.4 Å². The molecular weight excluding hydrogens is 226 g/mol. The van der Waals surface area contributed by atoms with Crippen molar-refractivity contribution >= 4 is 11.6 Å². The van der Waals surface area contributed by atoms with Gasteiger partial charge in [-0.15, -0.1) is 0 Å². The Morgan fingerprint density at radius 1 is 1.28 bits per heavy atom. The number of amides is 1. The van der Waals surface area contributed by atoms with Crippen molar-refractivity contribution in [2.75, 3.05) is 39.0 Å². The number of nitrogens with zero attached hydrogens (tertiary/aromatic N) is 1. The molecule has 4 nitrogen and oxygen atoms in total. The van der Waals surface area contributed by atoms with Crippen LogP contribution >= 0.6 is 0 Å². The Labute approximate surface area is 109 Å². The molecule has 4 heteroatoms. The van der Waals surface area contributed by atoms with Crippen LogP contribution in [0.25, 0.3) is 0 Å². The summed E-state index contributed by atoms with van der Waals surface area (Å²) in [5.74, 6) is 0.0597. The number of nitrogens with one attached hydrogen (secondary N) is 2. The molecule has 2 N–H and O–H groups in total. The van der Waals surface area contributed by atoms with Gasteiger partial charge in [-0.2, -0.15) is 0 Å². The molecule has 0 spiro atoms. The van der Waals surface area contributed by atoms with Gasteiger partial charge in [-0.1, -0.05) is 19.1 Å². The maximum atomic E-state index is 12.3. The highest BCUT2D eigenvalue weighted by molar-refractivity contribution is 5.99. The number of benzene rings is 1. The lowest BCUT2D eigenvalue weighted by atomic mass is 10.1. The van der Waals surface area contributed by atoms with Gasteiger partial charge in [-0.3, -0.25) is 4.79 Å². The highest BCUT2D eigenvalue weighted by Crippen LogP contribution is 2.16. The average molecular weight is 249 g/mol. The van der Waals surface area contributed by atoms with E-state index in [4.69, 9.17) is 0 Å². The van der Waals surface area contributed by atoms with Gasteiger partial charge in [0.05, 0.1) is 5.56 Å². The van der Waals surface area contributed by atoms with Crippen LogP contribution in [-0.4, -0.2) is 44.5 Å². The van der Waals surface area contributed by atoms with Crippen LogP contribution in [0.4, 0.5) is 5.69 Å². The number of rotatable bonds is 7. The molecule has 0 heterocycles. The third-order valence-corrected chi connectivity index (χ3v) is 2.77. The lowest BCUT2D eigenvalue weighted by molar-refractivity contribution is 0.0798. The lowest BCUT2D eigenvalue weighted by Gasteiger charge is -2.19. The fourth-order valence-electron chi connectivity index (χ4n) is 1.67. The van der Waals surface area contributed by atoms with E-state index >= 15 is 0 Å². The lowest BCUT2D eigenvalue weighted by Crippen LogP contribution is -2.33. The molecule has 0 radical (unpaired) electrons. The summed E-state index contributed by atoms with van der Waals surface area (Å²) < 4.78 is 0. The van der Waals surface area contributed by atoms with E-state index in [-0.39, 0.29) is 5.91 Å². The molecule has 100 valence electrons. The maximum absolute atomic E-state index is 12.3. The van der Waals surface area contributed by atoms with Crippen molar-refractivity contribution in [2.24, 2.45) is 0 Å². The molecule has 0 aromatic heterocycles. The molecule has 0 unspecified atom stereocenters. The Kier molecular flexibility index (Phi) is 6.22. The van der Waals surface area contributed by atoms with E-state index in [2.05, 4.69) is 17.6 Å². The maximum Gasteiger partial charge on any atom is 0.255 e. The third-order valence-electron chi connectivity index (χ3n) is 2.77. The summed E-state index contributed by atoms with van der Waals surface area (Å²) in [6.45, 7) is 4.49. The molecule has 0 saturated heterocycles. The van der Waals surface area contributed by atoms with Crippen molar-refractivity contribution in [1.82, 2.24) is 10.2 Å². The van der Waals surface area contributed by atoms with E-state index in [9.17, 15) is 4.79 Å². The molecular formula is C14H23N3O. The topological polar surface area (TPSA) is 44.4 Å². The molecule has 0 fully saturated rings. The monoisotopic (exact) mass is 249 g/mol. The van der Waals surface area contributed by atoms with Crippen molar-refractivity contribution < 1.29 is 4.79 Å². The number of carbonyl (C=O) groups is 1. The first-order chi connectivity index (χ1) is 8.70. The number of carbonyl (C=O) groups excluding carboxylic acids is 1. The van der Waals surface area contributed by atoms with Crippen molar-refractivity contribution in [2.45, 2.75) is 13.3 Å². The van der Waals surface area contributed by atoms with Crippen LogP contribution in [0.1, 0.15) is 23.7 Å². The van der Waals surface area contributed by atoms with Gasteiger partial charge < -0.3 is 15.5 Å². The molecule has 1 aromatic rings. The first-order valence-corrected chi connectivity index (χ1v) is 6.43. The van der Waals surface area contributed by atoms with Crippen LogP contribution in [0.5, 0.6) is 0 Å².